The van der Waals surface area contributed by atoms with Gasteiger partial charge in [-0.25, -0.2) is 13.1 Å². The second-order valence-electron chi connectivity index (χ2n) is 7.48. The summed E-state index contributed by atoms with van der Waals surface area (Å²) in [7, 11) is -3.53. The average molecular weight is 459 g/mol. The summed E-state index contributed by atoms with van der Waals surface area (Å²) in [6.07, 6.45) is 2.58. The van der Waals surface area contributed by atoms with Gasteiger partial charge in [0.05, 0.1) is 17.6 Å². The zero-order valence-electron chi connectivity index (χ0n) is 16.8. The average Bonchev–Trinajstić information content (AvgIpc) is 3.21. The van der Waals surface area contributed by atoms with Crippen LogP contribution in [0.2, 0.25) is 5.02 Å². The number of carbonyl (C=O) groups excluding carboxylic acids is 1. The van der Waals surface area contributed by atoms with Gasteiger partial charge >= 0.3 is 0 Å². The molecule has 7 nitrogen and oxygen atoms in total. The standard InChI is InChI=1S/C22H23ClN4O3S/c23-19-6-4-5-17(15-19)16-27-21(9-12-24-27)25-22(28)18-10-13-26(14-11-18)31(29,30)20-7-2-1-3-8-20/h1-9,12,15,18H,10-11,13-14,16H2,(H,25,28). The SMILES string of the molecule is O=C(Nc1ccnn1Cc1cccc(Cl)c1)C1CCN(S(=O)(=O)c2ccccc2)CC1. The smallest absolute Gasteiger partial charge is 0.243 e. The molecule has 1 aliphatic rings. The number of rotatable bonds is 6. The van der Waals surface area contributed by atoms with Gasteiger partial charge in [0.1, 0.15) is 5.82 Å². The number of benzene rings is 2. The van der Waals surface area contributed by atoms with Crippen molar-refractivity contribution in [2.75, 3.05) is 18.4 Å². The third kappa shape index (κ3) is 4.98. The van der Waals surface area contributed by atoms with Crippen molar-refractivity contribution in [3.05, 3.63) is 77.4 Å². The Morgan fingerprint density at radius 2 is 1.81 bits per heavy atom. The Labute approximate surface area is 186 Å². The van der Waals surface area contributed by atoms with Crippen molar-refractivity contribution >= 4 is 33.3 Å². The topological polar surface area (TPSA) is 84.3 Å². The van der Waals surface area contributed by atoms with Crippen LogP contribution in [0.4, 0.5) is 5.82 Å². The van der Waals surface area contributed by atoms with Crippen molar-refractivity contribution in [1.29, 1.82) is 0 Å². The number of halogens is 1. The predicted molar refractivity (Wildman–Crippen MR) is 119 cm³/mol. The van der Waals surface area contributed by atoms with Gasteiger partial charge in [0.2, 0.25) is 15.9 Å². The molecule has 0 atom stereocenters. The minimum absolute atomic E-state index is 0.121. The van der Waals surface area contributed by atoms with E-state index in [0.29, 0.717) is 43.3 Å². The molecule has 162 valence electrons. The zero-order chi connectivity index (χ0) is 21.8. The molecule has 3 aromatic rings. The number of nitrogens with one attached hydrogen (secondary N) is 1. The van der Waals surface area contributed by atoms with E-state index in [2.05, 4.69) is 10.4 Å². The molecule has 1 aromatic heterocycles. The highest BCUT2D eigenvalue weighted by atomic mass is 35.5. The maximum Gasteiger partial charge on any atom is 0.243 e. The van der Waals surface area contributed by atoms with Crippen molar-refractivity contribution in [2.45, 2.75) is 24.3 Å². The van der Waals surface area contributed by atoms with Crippen molar-refractivity contribution in [3.8, 4) is 0 Å². The Kier molecular flexibility index (Phi) is 6.41. The van der Waals surface area contributed by atoms with Crippen LogP contribution in [0.1, 0.15) is 18.4 Å². The van der Waals surface area contributed by atoms with E-state index >= 15 is 0 Å². The number of hydrogen-bond donors (Lipinski definition) is 1. The quantitative estimate of drug-likeness (QED) is 0.611. The first-order valence-electron chi connectivity index (χ1n) is 10.1. The molecule has 2 aromatic carbocycles. The molecule has 0 aliphatic carbocycles. The molecular weight excluding hydrogens is 436 g/mol. The number of anilines is 1. The molecule has 0 radical (unpaired) electrons. The summed E-state index contributed by atoms with van der Waals surface area (Å²) >= 11 is 6.05. The monoisotopic (exact) mass is 458 g/mol. The molecule has 1 aliphatic heterocycles. The molecule has 4 rings (SSSR count). The molecular formula is C22H23ClN4O3S. The Bertz CT molecular complexity index is 1160. The lowest BCUT2D eigenvalue weighted by Gasteiger charge is -2.30. The molecule has 0 spiro atoms. The van der Waals surface area contributed by atoms with Crippen LogP contribution in [0.25, 0.3) is 0 Å². The number of sulfonamides is 1. The van der Waals surface area contributed by atoms with Crippen LogP contribution in [0, 0.1) is 5.92 Å². The van der Waals surface area contributed by atoms with Gasteiger partial charge in [-0.3, -0.25) is 4.79 Å². The molecule has 31 heavy (non-hydrogen) atoms. The summed E-state index contributed by atoms with van der Waals surface area (Å²) in [5, 5.41) is 7.88. The Balaban J connectivity index is 1.37. The summed E-state index contributed by atoms with van der Waals surface area (Å²) in [5.41, 5.74) is 0.978. The normalized spacial score (nSPS) is 15.6. The highest BCUT2D eigenvalue weighted by Gasteiger charge is 2.32. The van der Waals surface area contributed by atoms with Crippen LogP contribution in [0.3, 0.4) is 0 Å². The molecule has 9 heteroatoms. The number of nitrogens with zero attached hydrogens (tertiary/aromatic N) is 3. The van der Waals surface area contributed by atoms with Gasteiger partial charge in [0, 0.05) is 30.1 Å². The van der Waals surface area contributed by atoms with Gasteiger partial charge in [0.25, 0.3) is 0 Å². The van der Waals surface area contributed by atoms with Gasteiger partial charge in [-0.2, -0.15) is 9.40 Å². The second kappa shape index (κ2) is 9.21. The van der Waals surface area contributed by atoms with E-state index < -0.39 is 10.0 Å². The first-order chi connectivity index (χ1) is 14.9. The third-order valence-electron chi connectivity index (χ3n) is 5.39. The zero-order valence-corrected chi connectivity index (χ0v) is 18.4. The molecule has 0 saturated carbocycles. The predicted octanol–water partition coefficient (Wildman–Crippen LogP) is 3.62. The van der Waals surface area contributed by atoms with Crippen molar-refractivity contribution < 1.29 is 13.2 Å². The highest BCUT2D eigenvalue weighted by molar-refractivity contribution is 7.89. The van der Waals surface area contributed by atoms with E-state index in [1.807, 2.05) is 18.2 Å². The van der Waals surface area contributed by atoms with Crippen LogP contribution < -0.4 is 5.32 Å². The molecule has 2 heterocycles. The largest absolute Gasteiger partial charge is 0.311 e. The second-order valence-corrected chi connectivity index (χ2v) is 9.86. The van der Waals surface area contributed by atoms with E-state index in [9.17, 15) is 13.2 Å². The van der Waals surface area contributed by atoms with Crippen molar-refractivity contribution in [1.82, 2.24) is 14.1 Å². The number of hydrogen-bond acceptors (Lipinski definition) is 4. The number of piperidine rings is 1. The summed E-state index contributed by atoms with van der Waals surface area (Å²) in [6.45, 7) is 1.12. The lowest BCUT2D eigenvalue weighted by Crippen LogP contribution is -2.41. The summed E-state index contributed by atoms with van der Waals surface area (Å²) < 4.78 is 28.7. The third-order valence-corrected chi connectivity index (χ3v) is 7.54. The van der Waals surface area contributed by atoms with E-state index in [-0.39, 0.29) is 16.7 Å². The molecule has 1 saturated heterocycles. The van der Waals surface area contributed by atoms with Gasteiger partial charge in [-0.1, -0.05) is 41.9 Å². The summed E-state index contributed by atoms with van der Waals surface area (Å²) in [4.78, 5) is 13.1. The first-order valence-corrected chi connectivity index (χ1v) is 11.9. The molecule has 0 bridgehead atoms. The van der Waals surface area contributed by atoms with Gasteiger partial charge < -0.3 is 5.32 Å². The van der Waals surface area contributed by atoms with Crippen molar-refractivity contribution in [3.63, 3.8) is 0 Å². The number of amides is 1. The molecule has 1 N–H and O–H groups in total. The van der Waals surface area contributed by atoms with E-state index in [1.165, 1.54) is 4.31 Å². The lowest BCUT2D eigenvalue weighted by molar-refractivity contribution is -0.121. The fourth-order valence-corrected chi connectivity index (χ4v) is 5.40. The Morgan fingerprint density at radius 3 is 2.52 bits per heavy atom. The first kappa shape index (κ1) is 21.5. The molecule has 1 amide bonds. The highest BCUT2D eigenvalue weighted by Crippen LogP contribution is 2.25. The molecule has 1 fully saturated rings. The van der Waals surface area contributed by atoms with Crippen LogP contribution in [0.5, 0.6) is 0 Å². The van der Waals surface area contributed by atoms with Crippen LogP contribution >= 0.6 is 11.6 Å². The Hall–Kier alpha value is -2.68. The molecule has 0 unspecified atom stereocenters. The summed E-state index contributed by atoms with van der Waals surface area (Å²) in [5.74, 6) is 0.227. The van der Waals surface area contributed by atoms with Crippen LogP contribution in [-0.4, -0.2) is 41.5 Å². The maximum absolute atomic E-state index is 12.8. The van der Waals surface area contributed by atoms with Crippen LogP contribution in [0.15, 0.2) is 71.8 Å². The van der Waals surface area contributed by atoms with E-state index in [4.69, 9.17) is 11.6 Å². The van der Waals surface area contributed by atoms with E-state index in [0.717, 1.165) is 5.56 Å². The number of aromatic nitrogens is 2. The fraction of sp³-hybridized carbons (Fsp3) is 0.273. The number of carbonyl (C=O) groups is 1. The minimum atomic E-state index is -3.53. The van der Waals surface area contributed by atoms with Crippen molar-refractivity contribution in [2.24, 2.45) is 5.92 Å². The summed E-state index contributed by atoms with van der Waals surface area (Å²) in [6, 6.07) is 17.6. The maximum atomic E-state index is 12.8. The Morgan fingerprint density at radius 1 is 1.06 bits per heavy atom. The van der Waals surface area contributed by atoms with Gasteiger partial charge in [0.15, 0.2) is 0 Å². The van der Waals surface area contributed by atoms with Gasteiger partial charge in [-0.15, -0.1) is 0 Å². The fourth-order valence-electron chi connectivity index (χ4n) is 3.70. The van der Waals surface area contributed by atoms with Gasteiger partial charge in [-0.05, 0) is 42.7 Å². The lowest BCUT2D eigenvalue weighted by atomic mass is 9.97. The minimum Gasteiger partial charge on any atom is -0.311 e. The van der Waals surface area contributed by atoms with Crippen LogP contribution in [-0.2, 0) is 21.4 Å². The van der Waals surface area contributed by atoms with E-state index in [1.54, 1.807) is 53.3 Å².